The lowest BCUT2D eigenvalue weighted by molar-refractivity contribution is 0.441. The fourth-order valence-electron chi connectivity index (χ4n) is 2.02. The molecule has 0 spiro atoms. The fourth-order valence-corrected chi connectivity index (χ4v) is 2.88. The van der Waals surface area contributed by atoms with E-state index in [4.69, 9.17) is 0 Å². The highest BCUT2D eigenvalue weighted by molar-refractivity contribution is 7.11. The summed E-state index contributed by atoms with van der Waals surface area (Å²) in [4.78, 5) is 7.04. The Morgan fingerprint density at radius 2 is 2.22 bits per heavy atom. The number of aryl methyl sites for hydroxylation is 2. The van der Waals surface area contributed by atoms with E-state index in [1.54, 1.807) is 0 Å². The van der Waals surface area contributed by atoms with Gasteiger partial charge in [-0.25, -0.2) is 4.98 Å². The predicted octanol–water partition coefficient (Wildman–Crippen LogP) is 2.99. The van der Waals surface area contributed by atoms with Gasteiger partial charge in [0, 0.05) is 35.2 Å². The monoisotopic (exact) mass is 263 g/mol. The Kier molecular flexibility index (Phi) is 4.55. The van der Waals surface area contributed by atoms with Crippen LogP contribution in [0.2, 0.25) is 0 Å². The molecule has 0 bridgehead atoms. The van der Waals surface area contributed by atoms with E-state index in [2.05, 4.69) is 54.0 Å². The summed E-state index contributed by atoms with van der Waals surface area (Å²) in [5.41, 5.74) is 0. The van der Waals surface area contributed by atoms with Gasteiger partial charge in [-0.2, -0.15) is 0 Å². The van der Waals surface area contributed by atoms with Crippen molar-refractivity contribution < 1.29 is 0 Å². The minimum atomic E-state index is 0.610. The smallest absolute Gasteiger partial charge is 0.105 e. The van der Waals surface area contributed by atoms with Crippen LogP contribution in [0.15, 0.2) is 24.5 Å². The normalized spacial score (nSPS) is 12.8. The number of imidazole rings is 1. The van der Waals surface area contributed by atoms with Gasteiger partial charge in [0.25, 0.3) is 0 Å². The largest absolute Gasteiger partial charge is 0.335 e. The number of hydrogen-bond donors (Lipinski definition) is 1. The molecule has 0 saturated heterocycles. The summed E-state index contributed by atoms with van der Waals surface area (Å²) in [5, 5.41) is 3.52. The lowest BCUT2D eigenvalue weighted by Crippen LogP contribution is -2.23. The average molecular weight is 263 g/mol. The maximum atomic E-state index is 4.24. The Morgan fingerprint density at radius 1 is 1.39 bits per heavy atom. The Hall–Kier alpha value is -1.13. The van der Waals surface area contributed by atoms with Crippen molar-refractivity contribution in [2.75, 3.05) is 6.54 Å². The van der Waals surface area contributed by atoms with Crippen LogP contribution >= 0.6 is 11.3 Å². The lowest BCUT2D eigenvalue weighted by Gasteiger charge is -2.14. The van der Waals surface area contributed by atoms with Gasteiger partial charge < -0.3 is 9.88 Å². The van der Waals surface area contributed by atoms with Crippen LogP contribution in [0.5, 0.6) is 0 Å². The highest BCUT2D eigenvalue weighted by atomic mass is 32.1. The number of rotatable bonds is 6. The predicted molar refractivity (Wildman–Crippen MR) is 76.9 cm³/mol. The van der Waals surface area contributed by atoms with Crippen molar-refractivity contribution in [3.05, 3.63) is 40.1 Å². The summed E-state index contributed by atoms with van der Waals surface area (Å²) in [6.45, 7) is 9.52. The van der Waals surface area contributed by atoms with Crippen LogP contribution < -0.4 is 5.32 Å². The van der Waals surface area contributed by atoms with Gasteiger partial charge in [-0.15, -0.1) is 11.3 Å². The summed E-state index contributed by atoms with van der Waals surface area (Å²) < 4.78 is 2.21. The van der Waals surface area contributed by atoms with Crippen LogP contribution in [0, 0.1) is 19.8 Å². The molecule has 1 N–H and O–H groups in total. The van der Waals surface area contributed by atoms with Crippen LogP contribution in [0.25, 0.3) is 0 Å². The molecule has 1 atom stereocenters. The maximum absolute atomic E-state index is 4.24. The molecule has 0 aromatic carbocycles. The van der Waals surface area contributed by atoms with Crippen LogP contribution in [0.1, 0.15) is 22.5 Å². The first-order valence-corrected chi connectivity index (χ1v) is 7.20. The van der Waals surface area contributed by atoms with Crippen molar-refractivity contribution in [3.8, 4) is 0 Å². The average Bonchev–Trinajstić information content (AvgIpc) is 2.89. The Balaban J connectivity index is 1.72. The molecule has 3 nitrogen and oxygen atoms in total. The molecule has 1 unspecified atom stereocenters. The molecular weight excluding hydrogens is 242 g/mol. The van der Waals surface area contributed by atoms with Crippen LogP contribution in [-0.2, 0) is 13.1 Å². The highest BCUT2D eigenvalue weighted by Crippen LogP contribution is 2.14. The molecule has 0 radical (unpaired) electrons. The molecule has 2 heterocycles. The van der Waals surface area contributed by atoms with Crippen molar-refractivity contribution >= 4 is 11.3 Å². The molecule has 0 aliphatic heterocycles. The molecule has 0 amide bonds. The standard InChI is InChI=1S/C14H21N3S/c1-11(10-17-7-6-16-13(17)3)8-15-9-14-5-4-12(2)18-14/h4-7,11,15H,8-10H2,1-3H3. The van der Waals surface area contributed by atoms with Gasteiger partial charge in [0.1, 0.15) is 5.82 Å². The minimum Gasteiger partial charge on any atom is -0.335 e. The molecule has 2 aromatic rings. The van der Waals surface area contributed by atoms with Crippen LogP contribution in [0.4, 0.5) is 0 Å². The fraction of sp³-hybridized carbons (Fsp3) is 0.500. The lowest BCUT2D eigenvalue weighted by atomic mass is 10.2. The van der Waals surface area contributed by atoms with Crippen molar-refractivity contribution in [1.82, 2.24) is 14.9 Å². The SMILES string of the molecule is Cc1ccc(CNCC(C)Cn2ccnc2C)s1. The first-order chi connectivity index (χ1) is 8.65. The third-order valence-corrected chi connectivity index (χ3v) is 4.02. The summed E-state index contributed by atoms with van der Waals surface area (Å²) in [5.74, 6) is 1.70. The Morgan fingerprint density at radius 3 is 2.83 bits per heavy atom. The van der Waals surface area contributed by atoms with Gasteiger partial charge in [-0.05, 0) is 38.4 Å². The summed E-state index contributed by atoms with van der Waals surface area (Å²) in [6, 6.07) is 4.39. The number of nitrogens with zero attached hydrogens (tertiary/aromatic N) is 2. The van der Waals surface area contributed by atoms with Gasteiger partial charge >= 0.3 is 0 Å². The number of hydrogen-bond acceptors (Lipinski definition) is 3. The van der Waals surface area contributed by atoms with Crippen LogP contribution in [-0.4, -0.2) is 16.1 Å². The summed E-state index contributed by atoms with van der Waals surface area (Å²) >= 11 is 1.87. The zero-order valence-electron chi connectivity index (χ0n) is 11.3. The zero-order chi connectivity index (χ0) is 13.0. The van der Waals surface area contributed by atoms with Crippen LogP contribution in [0.3, 0.4) is 0 Å². The number of thiophene rings is 1. The van der Waals surface area contributed by atoms with Gasteiger partial charge in [0.2, 0.25) is 0 Å². The first-order valence-electron chi connectivity index (χ1n) is 6.39. The molecule has 0 aliphatic rings. The second-order valence-corrected chi connectivity index (χ2v) is 6.25. The minimum absolute atomic E-state index is 0.610. The van der Waals surface area contributed by atoms with E-state index < -0.39 is 0 Å². The summed E-state index contributed by atoms with van der Waals surface area (Å²) in [6.07, 6.45) is 3.92. The Bertz CT molecular complexity index is 487. The number of aromatic nitrogens is 2. The van der Waals surface area contributed by atoms with Crippen molar-refractivity contribution in [2.45, 2.75) is 33.9 Å². The molecule has 98 valence electrons. The third kappa shape index (κ3) is 3.68. The molecule has 2 aromatic heterocycles. The topological polar surface area (TPSA) is 29.9 Å². The second-order valence-electron chi connectivity index (χ2n) is 4.88. The van der Waals surface area contributed by atoms with Gasteiger partial charge in [0.05, 0.1) is 0 Å². The molecule has 0 saturated carbocycles. The van der Waals surface area contributed by atoms with E-state index in [1.807, 2.05) is 17.5 Å². The molecular formula is C14H21N3S. The summed E-state index contributed by atoms with van der Waals surface area (Å²) in [7, 11) is 0. The van der Waals surface area contributed by atoms with Gasteiger partial charge in [-0.3, -0.25) is 0 Å². The van der Waals surface area contributed by atoms with E-state index in [0.717, 1.165) is 25.5 Å². The van der Waals surface area contributed by atoms with Crippen molar-refractivity contribution in [2.24, 2.45) is 5.92 Å². The second kappa shape index (κ2) is 6.16. The quantitative estimate of drug-likeness (QED) is 0.868. The first kappa shape index (κ1) is 13.3. The maximum Gasteiger partial charge on any atom is 0.105 e. The van der Waals surface area contributed by atoms with Gasteiger partial charge in [0.15, 0.2) is 0 Å². The number of nitrogens with one attached hydrogen (secondary N) is 1. The zero-order valence-corrected chi connectivity index (χ0v) is 12.1. The van der Waals surface area contributed by atoms with E-state index in [0.29, 0.717) is 5.92 Å². The molecule has 18 heavy (non-hydrogen) atoms. The van der Waals surface area contributed by atoms with Crippen molar-refractivity contribution in [3.63, 3.8) is 0 Å². The molecule has 4 heteroatoms. The molecule has 0 aliphatic carbocycles. The van der Waals surface area contributed by atoms with E-state index >= 15 is 0 Å². The van der Waals surface area contributed by atoms with E-state index in [9.17, 15) is 0 Å². The highest BCUT2D eigenvalue weighted by Gasteiger charge is 2.05. The van der Waals surface area contributed by atoms with E-state index in [-0.39, 0.29) is 0 Å². The van der Waals surface area contributed by atoms with Gasteiger partial charge in [-0.1, -0.05) is 6.92 Å². The molecule has 2 rings (SSSR count). The third-order valence-electron chi connectivity index (χ3n) is 3.02. The Labute approximate surface area is 113 Å². The van der Waals surface area contributed by atoms with Crippen molar-refractivity contribution in [1.29, 1.82) is 0 Å². The van der Waals surface area contributed by atoms with E-state index in [1.165, 1.54) is 9.75 Å². The molecule has 0 fully saturated rings.